The van der Waals surface area contributed by atoms with E-state index < -0.39 is 11.9 Å². The van der Waals surface area contributed by atoms with Crippen LogP contribution < -0.4 is 15.6 Å². The molecule has 6 nitrogen and oxygen atoms in total. The molecule has 25 heavy (non-hydrogen) atoms. The van der Waals surface area contributed by atoms with E-state index in [1.54, 1.807) is 24.3 Å². The van der Waals surface area contributed by atoms with Gasteiger partial charge in [0.05, 0.1) is 5.69 Å². The first-order valence-electron chi connectivity index (χ1n) is 7.98. The number of nitrogens with one attached hydrogen (secondary N) is 2. The van der Waals surface area contributed by atoms with Crippen LogP contribution in [0.4, 0.5) is 5.69 Å². The van der Waals surface area contributed by atoms with Gasteiger partial charge in [-0.15, -0.1) is 0 Å². The highest BCUT2D eigenvalue weighted by Gasteiger charge is 2.25. The van der Waals surface area contributed by atoms with Crippen molar-refractivity contribution in [2.75, 3.05) is 5.43 Å². The molecular weight excluding hydrogens is 320 g/mol. The van der Waals surface area contributed by atoms with E-state index in [1.807, 2.05) is 30.3 Å². The van der Waals surface area contributed by atoms with Crippen LogP contribution in [0.3, 0.4) is 0 Å². The highest BCUT2D eigenvalue weighted by Crippen LogP contribution is 2.26. The van der Waals surface area contributed by atoms with Crippen LogP contribution in [0.5, 0.6) is 11.5 Å². The van der Waals surface area contributed by atoms with E-state index in [9.17, 15) is 9.59 Å². The van der Waals surface area contributed by atoms with Crippen LogP contribution in [0, 0.1) is 0 Å². The van der Waals surface area contributed by atoms with E-state index in [0.29, 0.717) is 36.3 Å². The van der Waals surface area contributed by atoms with Gasteiger partial charge in [0.15, 0.2) is 0 Å². The lowest BCUT2D eigenvalue weighted by molar-refractivity contribution is -0.133. The smallest absolute Gasteiger partial charge is 0.332 e. The zero-order valence-corrected chi connectivity index (χ0v) is 13.5. The maximum absolute atomic E-state index is 12.1. The predicted octanol–water partition coefficient (Wildman–Crippen LogP) is 3.49. The summed E-state index contributed by atoms with van der Waals surface area (Å²) in [4.78, 5) is 23.2. The van der Waals surface area contributed by atoms with E-state index in [1.165, 1.54) is 0 Å². The topological polar surface area (TPSA) is 87.7 Å². The summed E-state index contributed by atoms with van der Waals surface area (Å²) in [5.74, 6) is -0.00907. The SMILES string of the molecule is O=C(O)C1=C(C(=O)NNc2ccc(Oc3ccccc3)cc2)CCC1. The Labute approximate surface area is 145 Å². The first kappa shape index (κ1) is 16.6. The Bertz CT molecular complexity index is 798. The van der Waals surface area contributed by atoms with Crippen LogP contribution >= 0.6 is 0 Å². The summed E-state index contributed by atoms with van der Waals surface area (Å²) in [6, 6.07) is 16.5. The van der Waals surface area contributed by atoms with Gasteiger partial charge in [-0.05, 0) is 55.7 Å². The molecule has 3 N–H and O–H groups in total. The second-order valence-electron chi connectivity index (χ2n) is 5.63. The van der Waals surface area contributed by atoms with Gasteiger partial charge in [0.1, 0.15) is 11.5 Å². The Kier molecular flexibility index (Phi) is 4.99. The second-order valence-corrected chi connectivity index (χ2v) is 5.63. The molecule has 0 fully saturated rings. The number of anilines is 1. The molecule has 1 aliphatic carbocycles. The number of carboxylic acid groups (broad SMARTS) is 1. The van der Waals surface area contributed by atoms with Gasteiger partial charge in [-0.3, -0.25) is 15.6 Å². The average Bonchev–Trinajstić information content (AvgIpc) is 3.12. The number of carbonyl (C=O) groups is 2. The van der Waals surface area contributed by atoms with Gasteiger partial charge in [-0.25, -0.2) is 4.79 Å². The minimum atomic E-state index is -1.02. The van der Waals surface area contributed by atoms with Crippen molar-refractivity contribution in [2.45, 2.75) is 19.3 Å². The normalized spacial score (nSPS) is 13.4. The number of benzene rings is 2. The largest absolute Gasteiger partial charge is 0.478 e. The maximum Gasteiger partial charge on any atom is 0.332 e. The number of carbonyl (C=O) groups excluding carboxylic acids is 1. The molecule has 6 heteroatoms. The minimum Gasteiger partial charge on any atom is -0.478 e. The number of carboxylic acids is 1. The molecule has 0 aliphatic heterocycles. The second kappa shape index (κ2) is 7.53. The summed E-state index contributed by atoms with van der Waals surface area (Å²) in [5.41, 5.74) is 6.54. The van der Waals surface area contributed by atoms with Crippen molar-refractivity contribution in [3.8, 4) is 11.5 Å². The van der Waals surface area contributed by atoms with Gasteiger partial charge in [-0.2, -0.15) is 0 Å². The molecule has 0 bridgehead atoms. The molecular formula is C19H18N2O4. The molecule has 0 unspecified atom stereocenters. The molecule has 2 aromatic rings. The molecule has 0 spiro atoms. The van der Waals surface area contributed by atoms with Crippen molar-refractivity contribution in [1.29, 1.82) is 0 Å². The summed E-state index contributed by atoms with van der Waals surface area (Å²) in [6.07, 6.45) is 1.61. The number of aliphatic carboxylic acids is 1. The molecule has 1 aliphatic rings. The van der Waals surface area contributed by atoms with Gasteiger partial charge in [0, 0.05) is 11.1 Å². The minimum absolute atomic E-state index is 0.200. The molecule has 128 valence electrons. The molecule has 0 aromatic heterocycles. The third kappa shape index (κ3) is 4.17. The Morgan fingerprint density at radius 2 is 1.52 bits per heavy atom. The van der Waals surface area contributed by atoms with E-state index in [2.05, 4.69) is 10.9 Å². The summed E-state index contributed by atoms with van der Waals surface area (Å²) >= 11 is 0. The van der Waals surface area contributed by atoms with Crippen LogP contribution in [0.2, 0.25) is 0 Å². The summed E-state index contributed by atoms with van der Waals surface area (Å²) in [6.45, 7) is 0. The molecule has 1 amide bonds. The van der Waals surface area contributed by atoms with Gasteiger partial charge >= 0.3 is 5.97 Å². The van der Waals surface area contributed by atoms with Crippen molar-refractivity contribution in [1.82, 2.24) is 5.43 Å². The third-order valence-corrected chi connectivity index (χ3v) is 3.90. The molecule has 0 saturated heterocycles. The Balaban J connectivity index is 1.58. The van der Waals surface area contributed by atoms with Crippen LogP contribution in [0.25, 0.3) is 0 Å². The Morgan fingerprint density at radius 3 is 2.20 bits per heavy atom. The van der Waals surface area contributed by atoms with Crippen LogP contribution in [-0.2, 0) is 9.59 Å². The van der Waals surface area contributed by atoms with Crippen LogP contribution in [0.15, 0.2) is 65.7 Å². The lowest BCUT2D eigenvalue weighted by Crippen LogP contribution is -2.31. The molecule has 0 radical (unpaired) electrons. The van der Waals surface area contributed by atoms with Gasteiger partial charge in [-0.1, -0.05) is 18.2 Å². The van der Waals surface area contributed by atoms with Crippen molar-refractivity contribution >= 4 is 17.6 Å². The van der Waals surface area contributed by atoms with E-state index in [4.69, 9.17) is 9.84 Å². The summed E-state index contributed by atoms with van der Waals surface area (Å²) in [5, 5.41) is 9.10. The number of ether oxygens (including phenoxy) is 1. The molecule has 0 heterocycles. The lowest BCUT2D eigenvalue weighted by atomic mass is 10.1. The number of amides is 1. The molecule has 3 rings (SSSR count). The number of rotatable bonds is 6. The monoisotopic (exact) mass is 338 g/mol. The van der Waals surface area contributed by atoms with E-state index in [0.717, 1.165) is 5.75 Å². The zero-order valence-electron chi connectivity index (χ0n) is 13.5. The maximum atomic E-state index is 12.1. The zero-order chi connectivity index (χ0) is 17.6. The van der Waals surface area contributed by atoms with Crippen molar-refractivity contribution < 1.29 is 19.4 Å². The number of hydrogen-bond acceptors (Lipinski definition) is 4. The van der Waals surface area contributed by atoms with E-state index in [-0.39, 0.29) is 5.57 Å². The molecule has 2 aromatic carbocycles. The first-order valence-corrected chi connectivity index (χ1v) is 7.98. The quantitative estimate of drug-likeness (QED) is 0.702. The van der Waals surface area contributed by atoms with Crippen molar-refractivity contribution in [3.63, 3.8) is 0 Å². The lowest BCUT2D eigenvalue weighted by Gasteiger charge is -2.11. The fourth-order valence-electron chi connectivity index (χ4n) is 2.67. The Hall–Kier alpha value is -3.28. The van der Waals surface area contributed by atoms with E-state index >= 15 is 0 Å². The third-order valence-electron chi connectivity index (χ3n) is 3.90. The fraction of sp³-hybridized carbons (Fsp3) is 0.158. The van der Waals surface area contributed by atoms with Crippen LogP contribution in [-0.4, -0.2) is 17.0 Å². The Morgan fingerprint density at radius 1 is 0.880 bits per heavy atom. The highest BCUT2D eigenvalue weighted by molar-refractivity contribution is 6.03. The standard InChI is InChI=1S/C19H18N2O4/c22-18(16-7-4-8-17(16)19(23)24)21-20-13-9-11-15(12-10-13)25-14-5-2-1-3-6-14/h1-3,5-6,9-12,20H,4,7-8H2,(H,21,22)(H,23,24). The van der Waals surface area contributed by atoms with Gasteiger partial charge in [0.25, 0.3) is 5.91 Å². The highest BCUT2D eigenvalue weighted by atomic mass is 16.5. The van der Waals surface area contributed by atoms with Crippen molar-refractivity contribution in [2.24, 2.45) is 0 Å². The van der Waals surface area contributed by atoms with Crippen molar-refractivity contribution in [3.05, 3.63) is 65.7 Å². The molecule has 0 saturated carbocycles. The van der Waals surface area contributed by atoms with Crippen LogP contribution in [0.1, 0.15) is 19.3 Å². The van der Waals surface area contributed by atoms with Gasteiger partial charge in [0.2, 0.25) is 0 Å². The fourth-order valence-corrected chi connectivity index (χ4v) is 2.67. The average molecular weight is 338 g/mol. The first-order chi connectivity index (χ1) is 12.1. The summed E-state index contributed by atoms with van der Waals surface area (Å²) < 4.78 is 5.69. The molecule has 0 atom stereocenters. The number of hydrogen-bond donors (Lipinski definition) is 3. The van der Waals surface area contributed by atoms with Gasteiger partial charge < -0.3 is 9.84 Å². The number of para-hydroxylation sites is 1. The summed E-state index contributed by atoms with van der Waals surface area (Å²) in [7, 11) is 0. The number of hydrazine groups is 1. The predicted molar refractivity (Wildman–Crippen MR) is 93.2 cm³/mol.